The van der Waals surface area contributed by atoms with E-state index in [4.69, 9.17) is 4.74 Å². The van der Waals surface area contributed by atoms with Gasteiger partial charge in [0, 0.05) is 6.92 Å². The van der Waals surface area contributed by atoms with Crippen molar-refractivity contribution in [3.63, 3.8) is 0 Å². The Morgan fingerprint density at radius 3 is 2.19 bits per heavy atom. The van der Waals surface area contributed by atoms with Crippen molar-refractivity contribution in [3.8, 4) is 0 Å². The Bertz CT molecular complexity index is 338. The minimum atomic E-state index is -0.237. The first-order valence-corrected chi connectivity index (χ1v) is 5.75. The monoisotopic (exact) mass is 220 g/mol. The second-order valence-electron chi connectivity index (χ2n) is 4.59. The van der Waals surface area contributed by atoms with Crippen molar-refractivity contribution < 1.29 is 9.53 Å². The molecule has 1 rings (SSSR count). The van der Waals surface area contributed by atoms with Gasteiger partial charge in [-0.1, -0.05) is 38.1 Å². The Morgan fingerprint density at radius 2 is 1.75 bits per heavy atom. The third-order valence-electron chi connectivity index (χ3n) is 2.44. The highest BCUT2D eigenvalue weighted by Crippen LogP contribution is 2.18. The molecule has 0 aromatic heterocycles. The number of hydrogen-bond donors (Lipinski definition) is 0. The molecule has 1 aromatic carbocycles. The number of esters is 1. The summed E-state index contributed by atoms with van der Waals surface area (Å²) in [6.45, 7) is 7.73. The largest absolute Gasteiger partial charge is 0.458 e. The van der Waals surface area contributed by atoms with Gasteiger partial charge in [-0.25, -0.2) is 0 Å². The van der Waals surface area contributed by atoms with Gasteiger partial charge in [0.1, 0.15) is 6.10 Å². The number of hydrogen-bond acceptors (Lipinski definition) is 2. The van der Waals surface area contributed by atoms with Crippen LogP contribution in [0.1, 0.15) is 44.9 Å². The SMILES string of the molecule is CC(=O)O[C@@H](C)c1ccc(CC(C)C)cc1. The molecular formula is C14H20O2. The summed E-state index contributed by atoms with van der Waals surface area (Å²) in [5, 5.41) is 0. The lowest BCUT2D eigenvalue weighted by Gasteiger charge is -2.13. The molecule has 16 heavy (non-hydrogen) atoms. The van der Waals surface area contributed by atoms with E-state index in [1.54, 1.807) is 0 Å². The zero-order valence-corrected chi connectivity index (χ0v) is 10.5. The van der Waals surface area contributed by atoms with E-state index in [0.717, 1.165) is 12.0 Å². The van der Waals surface area contributed by atoms with Crippen LogP contribution in [0.25, 0.3) is 0 Å². The molecule has 0 heterocycles. The van der Waals surface area contributed by atoms with Gasteiger partial charge in [-0.2, -0.15) is 0 Å². The second kappa shape index (κ2) is 5.69. The average Bonchev–Trinajstić information content (AvgIpc) is 2.16. The minimum Gasteiger partial charge on any atom is -0.458 e. The fraction of sp³-hybridized carbons (Fsp3) is 0.500. The zero-order chi connectivity index (χ0) is 12.1. The van der Waals surface area contributed by atoms with Crippen LogP contribution in [0.3, 0.4) is 0 Å². The first-order chi connectivity index (χ1) is 7.49. The van der Waals surface area contributed by atoms with Crippen molar-refractivity contribution in [1.82, 2.24) is 0 Å². The van der Waals surface area contributed by atoms with Gasteiger partial charge in [-0.05, 0) is 30.4 Å². The number of benzene rings is 1. The maximum Gasteiger partial charge on any atom is 0.303 e. The van der Waals surface area contributed by atoms with Crippen LogP contribution in [0, 0.1) is 5.92 Å². The molecule has 0 spiro atoms. The second-order valence-corrected chi connectivity index (χ2v) is 4.59. The van der Waals surface area contributed by atoms with Crippen LogP contribution in [0.15, 0.2) is 24.3 Å². The Hall–Kier alpha value is -1.31. The molecule has 0 aliphatic rings. The Morgan fingerprint density at radius 1 is 1.19 bits per heavy atom. The summed E-state index contributed by atoms with van der Waals surface area (Å²) in [4.78, 5) is 10.8. The van der Waals surface area contributed by atoms with Crippen molar-refractivity contribution in [1.29, 1.82) is 0 Å². The van der Waals surface area contributed by atoms with Crippen molar-refractivity contribution in [2.75, 3.05) is 0 Å². The Kier molecular flexibility index (Phi) is 4.53. The normalized spacial score (nSPS) is 12.6. The summed E-state index contributed by atoms with van der Waals surface area (Å²) in [6, 6.07) is 8.28. The third kappa shape index (κ3) is 4.05. The summed E-state index contributed by atoms with van der Waals surface area (Å²) >= 11 is 0. The van der Waals surface area contributed by atoms with Gasteiger partial charge in [0.15, 0.2) is 0 Å². The lowest BCUT2D eigenvalue weighted by molar-refractivity contribution is -0.145. The van der Waals surface area contributed by atoms with Crippen molar-refractivity contribution in [2.24, 2.45) is 5.92 Å². The third-order valence-corrected chi connectivity index (χ3v) is 2.44. The van der Waals surface area contributed by atoms with E-state index in [1.807, 2.05) is 19.1 Å². The lowest BCUT2D eigenvalue weighted by atomic mass is 10.0. The van der Waals surface area contributed by atoms with Gasteiger partial charge < -0.3 is 4.74 Å². The van der Waals surface area contributed by atoms with Gasteiger partial charge in [0.05, 0.1) is 0 Å². The average molecular weight is 220 g/mol. The van der Waals surface area contributed by atoms with Crippen molar-refractivity contribution in [3.05, 3.63) is 35.4 Å². The fourth-order valence-electron chi connectivity index (χ4n) is 1.71. The molecule has 0 unspecified atom stereocenters. The molecule has 0 saturated heterocycles. The van der Waals surface area contributed by atoms with Crippen LogP contribution in [-0.4, -0.2) is 5.97 Å². The zero-order valence-electron chi connectivity index (χ0n) is 10.5. The number of carbonyl (C=O) groups excluding carboxylic acids is 1. The van der Waals surface area contributed by atoms with E-state index in [0.29, 0.717) is 5.92 Å². The Balaban J connectivity index is 2.66. The first-order valence-electron chi connectivity index (χ1n) is 5.75. The highest BCUT2D eigenvalue weighted by Gasteiger charge is 2.08. The van der Waals surface area contributed by atoms with E-state index in [1.165, 1.54) is 12.5 Å². The fourth-order valence-corrected chi connectivity index (χ4v) is 1.71. The highest BCUT2D eigenvalue weighted by molar-refractivity contribution is 5.66. The molecule has 0 radical (unpaired) electrons. The standard InChI is InChI=1S/C14H20O2/c1-10(2)9-13-5-7-14(8-6-13)11(3)16-12(4)15/h5-8,10-11H,9H2,1-4H3/t11-/m0/s1. The molecule has 2 heteroatoms. The summed E-state index contributed by atoms with van der Waals surface area (Å²) in [7, 11) is 0. The number of ether oxygens (including phenoxy) is 1. The maximum absolute atomic E-state index is 10.8. The van der Waals surface area contributed by atoms with Gasteiger partial charge >= 0.3 is 5.97 Å². The van der Waals surface area contributed by atoms with Crippen LogP contribution in [0.5, 0.6) is 0 Å². The molecule has 0 bridgehead atoms. The van der Waals surface area contributed by atoms with Crippen LogP contribution >= 0.6 is 0 Å². The van der Waals surface area contributed by atoms with E-state index in [9.17, 15) is 4.79 Å². The molecule has 0 amide bonds. The first kappa shape index (κ1) is 12.8. The van der Waals surface area contributed by atoms with Gasteiger partial charge in [0.25, 0.3) is 0 Å². The molecule has 88 valence electrons. The van der Waals surface area contributed by atoms with Crippen LogP contribution < -0.4 is 0 Å². The highest BCUT2D eigenvalue weighted by atomic mass is 16.5. The summed E-state index contributed by atoms with van der Waals surface area (Å²) < 4.78 is 5.12. The molecule has 0 N–H and O–H groups in total. The van der Waals surface area contributed by atoms with Crippen LogP contribution in [0.2, 0.25) is 0 Å². The molecule has 1 atom stereocenters. The predicted molar refractivity (Wildman–Crippen MR) is 65.2 cm³/mol. The lowest BCUT2D eigenvalue weighted by Crippen LogP contribution is -2.05. The summed E-state index contributed by atoms with van der Waals surface area (Å²) in [5.41, 5.74) is 2.37. The van der Waals surface area contributed by atoms with Gasteiger partial charge in [-0.3, -0.25) is 4.79 Å². The smallest absolute Gasteiger partial charge is 0.303 e. The van der Waals surface area contributed by atoms with E-state index in [2.05, 4.69) is 26.0 Å². The molecule has 0 aliphatic carbocycles. The van der Waals surface area contributed by atoms with Crippen LogP contribution in [0.4, 0.5) is 0 Å². The van der Waals surface area contributed by atoms with Crippen LogP contribution in [-0.2, 0) is 16.0 Å². The molecule has 0 saturated carbocycles. The van der Waals surface area contributed by atoms with E-state index in [-0.39, 0.29) is 12.1 Å². The molecule has 0 fully saturated rings. The van der Waals surface area contributed by atoms with Crippen molar-refractivity contribution in [2.45, 2.75) is 40.2 Å². The topological polar surface area (TPSA) is 26.3 Å². The van der Waals surface area contributed by atoms with Crippen molar-refractivity contribution >= 4 is 5.97 Å². The molecule has 1 aromatic rings. The number of rotatable bonds is 4. The summed E-state index contributed by atoms with van der Waals surface area (Å²) in [6.07, 6.45) is 0.924. The van der Waals surface area contributed by atoms with E-state index >= 15 is 0 Å². The summed E-state index contributed by atoms with van der Waals surface area (Å²) in [5.74, 6) is 0.426. The maximum atomic E-state index is 10.8. The Labute approximate surface area is 97.6 Å². The van der Waals surface area contributed by atoms with E-state index < -0.39 is 0 Å². The number of carbonyl (C=O) groups is 1. The minimum absolute atomic E-state index is 0.161. The predicted octanol–water partition coefficient (Wildman–Crippen LogP) is 3.51. The van der Waals surface area contributed by atoms with Gasteiger partial charge in [0.2, 0.25) is 0 Å². The molecule has 2 nitrogen and oxygen atoms in total. The molecular weight excluding hydrogens is 200 g/mol. The quantitative estimate of drug-likeness (QED) is 0.726. The molecule has 0 aliphatic heterocycles. The van der Waals surface area contributed by atoms with Gasteiger partial charge in [-0.15, -0.1) is 0 Å².